The minimum absolute atomic E-state index is 0.0552. The molecule has 0 bridgehead atoms. The molecule has 3 aromatic heterocycles. The third kappa shape index (κ3) is 6.62. The van der Waals surface area contributed by atoms with Crippen LogP contribution in [0.25, 0.3) is 22.0 Å². The average Bonchev–Trinajstić information content (AvgIpc) is 3.61. The van der Waals surface area contributed by atoms with Gasteiger partial charge in [0.1, 0.15) is 29.6 Å². The number of nitrogens with zero attached hydrogens (tertiary/aromatic N) is 6. The van der Waals surface area contributed by atoms with Gasteiger partial charge in [-0.1, -0.05) is 17.7 Å². The molecule has 0 radical (unpaired) electrons. The molecule has 2 aliphatic rings. The van der Waals surface area contributed by atoms with Crippen molar-refractivity contribution in [3.8, 4) is 11.1 Å². The van der Waals surface area contributed by atoms with Gasteiger partial charge in [-0.05, 0) is 55.0 Å². The monoisotopic (exact) mass is 794 g/mol. The van der Waals surface area contributed by atoms with Crippen molar-refractivity contribution in [2.24, 2.45) is 13.0 Å². The van der Waals surface area contributed by atoms with E-state index in [4.69, 9.17) is 11.6 Å². The number of halogens is 7. The lowest BCUT2D eigenvalue weighted by Gasteiger charge is -2.34. The Morgan fingerprint density at radius 1 is 1.06 bits per heavy atom. The van der Waals surface area contributed by atoms with Crippen molar-refractivity contribution in [2.75, 3.05) is 30.0 Å². The third-order valence-electron chi connectivity index (χ3n) is 9.90. The van der Waals surface area contributed by atoms with Gasteiger partial charge < -0.3 is 10.2 Å². The molecule has 1 amide bonds. The number of anilines is 2. The van der Waals surface area contributed by atoms with Crippen LogP contribution in [-0.2, 0) is 40.8 Å². The maximum Gasteiger partial charge on any atom is 0.293 e. The number of carbonyl (C=O) groups is 1. The summed E-state index contributed by atoms with van der Waals surface area (Å²) in [5.41, 5.74) is 0.267. The van der Waals surface area contributed by atoms with E-state index >= 15 is 8.78 Å². The van der Waals surface area contributed by atoms with E-state index < -0.39 is 75.7 Å². The molecule has 2 N–H and O–H groups in total. The fraction of sp³-hybridized carbons (Fsp3) is 0.371. The van der Waals surface area contributed by atoms with E-state index in [1.165, 1.54) is 16.9 Å². The normalized spacial score (nSPS) is 18.0. The van der Waals surface area contributed by atoms with Crippen molar-refractivity contribution in [2.45, 2.75) is 50.1 Å². The van der Waals surface area contributed by atoms with Crippen LogP contribution in [-0.4, -0.2) is 59.2 Å². The van der Waals surface area contributed by atoms with Crippen LogP contribution in [0.4, 0.5) is 37.8 Å². The Hall–Kier alpha value is -4.84. The molecule has 5 aromatic rings. The van der Waals surface area contributed by atoms with Crippen molar-refractivity contribution in [3.05, 3.63) is 87.5 Å². The summed E-state index contributed by atoms with van der Waals surface area (Å²) in [4.78, 5) is 20.3. The SMILES string of the molecule is CN(C)c1cnc([C@H](Cc2cc(F)cc(F)c2)NC(=O)Cn2nc(C(F)F)c3c2C(F)(F)[C@@H]2CC[C@H]32)c(-c2ccc(Cl)c3c(NS(C)(=O)=O)nn(C)c23)c1. The van der Waals surface area contributed by atoms with Gasteiger partial charge in [-0.15, -0.1) is 0 Å². The van der Waals surface area contributed by atoms with E-state index in [0.717, 1.165) is 18.4 Å². The molecule has 1 saturated carbocycles. The number of sulfonamides is 1. The van der Waals surface area contributed by atoms with Crippen LogP contribution in [0.2, 0.25) is 5.02 Å². The highest BCUT2D eigenvalue weighted by Gasteiger charge is 2.62. The number of pyridine rings is 1. The summed E-state index contributed by atoms with van der Waals surface area (Å²) in [6.07, 6.45) is -0.520. The van der Waals surface area contributed by atoms with Gasteiger partial charge in [0.25, 0.3) is 12.3 Å². The number of benzene rings is 2. The number of amides is 1. The minimum atomic E-state index is -3.80. The summed E-state index contributed by atoms with van der Waals surface area (Å²) in [5, 5.41) is 11.3. The molecule has 0 spiro atoms. The molecular weight excluding hydrogens is 762 g/mol. The molecule has 0 saturated heterocycles. The lowest BCUT2D eigenvalue weighted by Crippen LogP contribution is -2.36. The van der Waals surface area contributed by atoms with Crippen LogP contribution in [0.3, 0.4) is 0 Å². The fourth-order valence-electron chi connectivity index (χ4n) is 7.54. The zero-order valence-electron chi connectivity index (χ0n) is 29.1. The van der Waals surface area contributed by atoms with E-state index in [1.807, 2.05) is 0 Å². The molecule has 1 fully saturated rings. The van der Waals surface area contributed by atoms with Crippen molar-refractivity contribution in [1.29, 1.82) is 0 Å². The van der Waals surface area contributed by atoms with Gasteiger partial charge in [0.15, 0.2) is 5.82 Å². The smallest absolute Gasteiger partial charge is 0.293 e. The zero-order valence-corrected chi connectivity index (χ0v) is 30.7. The molecule has 3 heterocycles. The van der Waals surface area contributed by atoms with Gasteiger partial charge in [0.2, 0.25) is 15.9 Å². The second-order valence-electron chi connectivity index (χ2n) is 13.8. The molecule has 2 aliphatic carbocycles. The maximum absolute atomic E-state index is 15.6. The molecular formula is C35H33ClF6N8O3S. The second-order valence-corrected chi connectivity index (χ2v) is 16.0. The number of aryl methyl sites for hydroxylation is 1. The fourth-order valence-corrected chi connectivity index (χ4v) is 8.28. The Kier molecular flexibility index (Phi) is 9.35. The first-order valence-corrected chi connectivity index (χ1v) is 18.9. The Morgan fingerprint density at radius 2 is 1.76 bits per heavy atom. The predicted octanol–water partition coefficient (Wildman–Crippen LogP) is 6.84. The van der Waals surface area contributed by atoms with Gasteiger partial charge in [-0.3, -0.25) is 23.9 Å². The zero-order chi connectivity index (χ0) is 39.0. The number of hydrogen-bond donors (Lipinski definition) is 2. The number of aromatic nitrogens is 5. The number of rotatable bonds is 11. The van der Waals surface area contributed by atoms with E-state index in [-0.39, 0.29) is 45.9 Å². The summed E-state index contributed by atoms with van der Waals surface area (Å²) >= 11 is 6.59. The van der Waals surface area contributed by atoms with Crippen LogP contribution in [0.1, 0.15) is 59.4 Å². The van der Waals surface area contributed by atoms with Crippen molar-refractivity contribution in [3.63, 3.8) is 0 Å². The minimum Gasteiger partial charge on any atom is -0.376 e. The van der Waals surface area contributed by atoms with Crippen molar-refractivity contribution >= 4 is 49.9 Å². The summed E-state index contributed by atoms with van der Waals surface area (Å²) in [5.74, 6) is -8.19. The Balaban J connectivity index is 1.36. The Morgan fingerprint density at radius 3 is 2.37 bits per heavy atom. The van der Waals surface area contributed by atoms with Crippen molar-refractivity contribution < 1.29 is 39.6 Å². The molecule has 3 atom stereocenters. The second kappa shape index (κ2) is 13.5. The predicted molar refractivity (Wildman–Crippen MR) is 189 cm³/mol. The average molecular weight is 795 g/mol. The van der Waals surface area contributed by atoms with Gasteiger partial charge in [0, 0.05) is 49.8 Å². The number of hydrogen-bond acceptors (Lipinski definition) is 7. The molecule has 54 heavy (non-hydrogen) atoms. The third-order valence-corrected chi connectivity index (χ3v) is 10.8. The first-order chi connectivity index (χ1) is 25.3. The number of nitrogens with one attached hydrogen (secondary N) is 2. The van der Waals surface area contributed by atoms with E-state index in [9.17, 15) is 30.8 Å². The van der Waals surface area contributed by atoms with Crippen LogP contribution in [0.15, 0.2) is 42.6 Å². The Labute approximate surface area is 310 Å². The Bertz CT molecular complexity index is 2420. The standard InChI is InChI=1S/C35H33ClF6N8O3S/c1-48(2)19-13-22(20-6-8-24(36)28-31(20)49(3)46-34(28)47-54(4,52)53)29(43-14-19)25(11-16-9-17(37)12-18(38)10-16)44-26(51)15-50-32-27(30(45-50)33(39)40)21-5-7-23(21)35(32,41)42/h6,8-10,12-14,21,23,25,33H,5,7,11,15H2,1-4H3,(H,44,51)(H,46,47)/t21-,23+,25-/m0/s1. The molecule has 7 rings (SSSR count). The maximum atomic E-state index is 15.6. The van der Waals surface area contributed by atoms with E-state index in [0.29, 0.717) is 39.5 Å². The van der Waals surface area contributed by atoms with Crippen LogP contribution in [0.5, 0.6) is 0 Å². The quantitative estimate of drug-likeness (QED) is 0.140. The first-order valence-electron chi connectivity index (χ1n) is 16.7. The highest BCUT2D eigenvalue weighted by molar-refractivity contribution is 7.92. The molecule has 2 aromatic carbocycles. The van der Waals surface area contributed by atoms with Crippen molar-refractivity contribution in [1.82, 2.24) is 29.9 Å². The summed E-state index contributed by atoms with van der Waals surface area (Å²) in [6.45, 7) is -0.864. The molecule has 0 aliphatic heterocycles. The number of alkyl halides is 4. The van der Waals surface area contributed by atoms with Gasteiger partial charge in [-0.25, -0.2) is 26.0 Å². The highest BCUT2D eigenvalue weighted by atomic mass is 35.5. The molecule has 286 valence electrons. The van der Waals surface area contributed by atoms with E-state index in [2.05, 4.69) is 25.2 Å². The van der Waals surface area contributed by atoms with Crippen LogP contribution >= 0.6 is 11.6 Å². The molecule has 0 unspecified atom stereocenters. The van der Waals surface area contributed by atoms with Gasteiger partial charge in [0.05, 0.1) is 45.8 Å². The van der Waals surface area contributed by atoms with Gasteiger partial charge >= 0.3 is 0 Å². The summed E-state index contributed by atoms with van der Waals surface area (Å²) in [7, 11) is 1.27. The van der Waals surface area contributed by atoms with Crippen LogP contribution < -0.4 is 14.9 Å². The largest absolute Gasteiger partial charge is 0.376 e. The summed E-state index contributed by atoms with van der Waals surface area (Å²) < 4.78 is 117. The lowest BCUT2D eigenvalue weighted by atomic mass is 9.73. The van der Waals surface area contributed by atoms with Crippen LogP contribution in [0, 0.1) is 17.6 Å². The summed E-state index contributed by atoms with van der Waals surface area (Å²) in [6, 6.07) is 6.47. The number of fused-ring (bicyclic) bond motifs is 4. The lowest BCUT2D eigenvalue weighted by molar-refractivity contribution is -0.123. The topological polar surface area (TPSA) is 127 Å². The number of carbonyl (C=O) groups excluding carboxylic acids is 1. The highest BCUT2D eigenvalue weighted by Crippen LogP contribution is 2.63. The van der Waals surface area contributed by atoms with Gasteiger partial charge in [-0.2, -0.15) is 19.0 Å². The molecule has 19 heteroatoms. The molecule has 11 nitrogen and oxygen atoms in total. The van der Waals surface area contributed by atoms with E-state index in [1.54, 1.807) is 38.2 Å². The first kappa shape index (κ1) is 37.5.